The number of aliphatic hydroxyl groups is 2. The minimum Gasteiger partial charge on any atom is -0.387 e. The number of hydrogen-bond acceptors (Lipinski definition) is 6. The van der Waals surface area contributed by atoms with Crippen molar-refractivity contribution in [3.63, 3.8) is 0 Å². The average molecular weight is 318 g/mol. The average Bonchev–Trinajstić information content (AvgIpc) is 2.36. The Balaban J connectivity index is 3.06. The topological polar surface area (TPSA) is 85.2 Å². The van der Waals surface area contributed by atoms with Crippen LogP contribution >= 0.6 is 0 Å². The van der Waals surface area contributed by atoms with Crippen LogP contribution in [0.3, 0.4) is 0 Å². The normalized spacial score (nSPS) is 33.8. The van der Waals surface area contributed by atoms with E-state index in [9.17, 15) is 15.0 Å². The maximum Gasteiger partial charge on any atom is 0.132 e. The van der Waals surface area contributed by atoms with Crippen molar-refractivity contribution < 1.29 is 29.2 Å². The summed E-state index contributed by atoms with van der Waals surface area (Å²) in [6.07, 6.45) is -4.36. The lowest BCUT2D eigenvalue weighted by atomic mass is 9.85. The Morgan fingerprint density at radius 3 is 2.09 bits per heavy atom. The van der Waals surface area contributed by atoms with Gasteiger partial charge in [0.2, 0.25) is 0 Å². The van der Waals surface area contributed by atoms with Crippen LogP contribution in [0.2, 0.25) is 0 Å². The van der Waals surface area contributed by atoms with Gasteiger partial charge >= 0.3 is 0 Å². The van der Waals surface area contributed by atoms with Crippen LogP contribution in [-0.4, -0.2) is 64.8 Å². The molecule has 1 aliphatic heterocycles. The molecular weight excluding hydrogens is 288 g/mol. The third kappa shape index (κ3) is 4.73. The summed E-state index contributed by atoms with van der Waals surface area (Å²) in [6.45, 7) is 10.5. The first kappa shape index (κ1) is 19.5. The van der Waals surface area contributed by atoms with Gasteiger partial charge in [0, 0.05) is 13.5 Å². The van der Waals surface area contributed by atoms with Crippen molar-refractivity contribution >= 4 is 5.78 Å². The molecule has 2 N–H and O–H groups in total. The van der Waals surface area contributed by atoms with Crippen LogP contribution in [0, 0.1) is 0 Å². The van der Waals surface area contributed by atoms with E-state index in [1.165, 1.54) is 14.0 Å². The van der Waals surface area contributed by atoms with Gasteiger partial charge in [-0.05, 0) is 41.5 Å². The molecule has 1 rings (SSSR count). The van der Waals surface area contributed by atoms with Gasteiger partial charge in [0.05, 0.1) is 17.3 Å². The van der Waals surface area contributed by atoms with Crippen LogP contribution in [0.15, 0.2) is 0 Å². The van der Waals surface area contributed by atoms with E-state index in [2.05, 4.69) is 0 Å². The first-order valence-electron chi connectivity index (χ1n) is 7.63. The molecule has 0 aromatic rings. The quantitative estimate of drug-likeness (QED) is 0.788. The van der Waals surface area contributed by atoms with Crippen molar-refractivity contribution in [3.05, 3.63) is 0 Å². The summed E-state index contributed by atoms with van der Waals surface area (Å²) in [5.74, 6) is -0.0647. The lowest BCUT2D eigenvalue weighted by Crippen LogP contribution is -2.65. The molecule has 1 heterocycles. The fourth-order valence-corrected chi connectivity index (χ4v) is 2.63. The molecule has 0 amide bonds. The largest absolute Gasteiger partial charge is 0.387 e. The van der Waals surface area contributed by atoms with Gasteiger partial charge in [-0.2, -0.15) is 0 Å². The molecule has 1 aliphatic rings. The van der Waals surface area contributed by atoms with Crippen LogP contribution in [0.25, 0.3) is 0 Å². The minimum absolute atomic E-state index is 0.0647. The third-order valence-corrected chi connectivity index (χ3v) is 3.87. The van der Waals surface area contributed by atoms with E-state index < -0.39 is 41.7 Å². The summed E-state index contributed by atoms with van der Waals surface area (Å²) in [7, 11) is 1.51. The molecule has 1 fully saturated rings. The summed E-state index contributed by atoms with van der Waals surface area (Å²) in [5, 5.41) is 20.9. The van der Waals surface area contributed by atoms with E-state index in [0.717, 1.165) is 0 Å². The van der Waals surface area contributed by atoms with E-state index in [1.807, 2.05) is 20.8 Å². The van der Waals surface area contributed by atoms with Crippen molar-refractivity contribution in [1.82, 2.24) is 0 Å². The first-order chi connectivity index (χ1) is 9.89. The Kier molecular flexibility index (Phi) is 6.14. The first-order valence-corrected chi connectivity index (χ1v) is 7.63. The molecule has 0 aromatic heterocycles. The van der Waals surface area contributed by atoms with Crippen molar-refractivity contribution in [1.29, 1.82) is 0 Å². The van der Waals surface area contributed by atoms with E-state index in [-0.39, 0.29) is 12.2 Å². The fourth-order valence-electron chi connectivity index (χ4n) is 2.63. The van der Waals surface area contributed by atoms with Crippen molar-refractivity contribution in [3.8, 4) is 0 Å². The Hall–Kier alpha value is -0.530. The lowest BCUT2D eigenvalue weighted by Gasteiger charge is -2.48. The number of carbonyl (C=O) groups excluding carboxylic acids is 1. The van der Waals surface area contributed by atoms with Gasteiger partial charge in [-0.1, -0.05) is 0 Å². The number of ether oxygens (including phenoxy) is 3. The Morgan fingerprint density at radius 1 is 1.14 bits per heavy atom. The smallest absolute Gasteiger partial charge is 0.132 e. The fraction of sp³-hybridized carbons (Fsp3) is 0.938. The van der Waals surface area contributed by atoms with Crippen LogP contribution in [0.4, 0.5) is 0 Å². The number of methoxy groups -OCH3 is 1. The second-order valence-corrected chi connectivity index (χ2v) is 7.48. The number of rotatable bonds is 5. The van der Waals surface area contributed by atoms with Gasteiger partial charge in [0.1, 0.15) is 30.2 Å². The molecule has 22 heavy (non-hydrogen) atoms. The molecule has 0 aliphatic carbocycles. The second-order valence-electron chi connectivity index (χ2n) is 7.48. The molecule has 0 radical (unpaired) electrons. The molecular formula is C16H30O6. The van der Waals surface area contributed by atoms with Crippen LogP contribution < -0.4 is 0 Å². The standard InChI is InChI=1S/C16H30O6/c1-9(17)8-10-13(22-15(2,3)4)11(18)12(19)14(21-10)16(5,6)20-7/h10-14,18-19H,8H2,1-7H3. The highest BCUT2D eigenvalue weighted by Gasteiger charge is 2.51. The highest BCUT2D eigenvalue weighted by atomic mass is 16.6. The zero-order valence-electron chi connectivity index (χ0n) is 14.6. The molecule has 0 bridgehead atoms. The van der Waals surface area contributed by atoms with Crippen molar-refractivity contribution in [2.24, 2.45) is 0 Å². The maximum absolute atomic E-state index is 11.5. The van der Waals surface area contributed by atoms with E-state index in [4.69, 9.17) is 14.2 Å². The van der Waals surface area contributed by atoms with Gasteiger partial charge < -0.3 is 24.4 Å². The van der Waals surface area contributed by atoms with Gasteiger partial charge in [0.25, 0.3) is 0 Å². The van der Waals surface area contributed by atoms with E-state index >= 15 is 0 Å². The summed E-state index contributed by atoms with van der Waals surface area (Å²) in [5.41, 5.74) is -1.34. The van der Waals surface area contributed by atoms with E-state index in [0.29, 0.717) is 0 Å². The summed E-state index contributed by atoms with van der Waals surface area (Å²) >= 11 is 0. The van der Waals surface area contributed by atoms with Crippen molar-refractivity contribution in [2.45, 2.75) is 89.7 Å². The minimum atomic E-state index is -1.16. The van der Waals surface area contributed by atoms with Gasteiger partial charge in [-0.25, -0.2) is 0 Å². The lowest BCUT2D eigenvalue weighted by molar-refractivity contribution is -0.284. The number of aliphatic hydroxyl groups excluding tert-OH is 2. The third-order valence-electron chi connectivity index (χ3n) is 3.87. The molecule has 130 valence electrons. The number of carbonyl (C=O) groups is 1. The predicted molar refractivity (Wildman–Crippen MR) is 81.7 cm³/mol. The monoisotopic (exact) mass is 318 g/mol. The van der Waals surface area contributed by atoms with E-state index in [1.54, 1.807) is 13.8 Å². The predicted octanol–water partition coefficient (Wildman–Crippen LogP) is 1.06. The van der Waals surface area contributed by atoms with Gasteiger partial charge in [-0.15, -0.1) is 0 Å². The molecule has 6 nitrogen and oxygen atoms in total. The SMILES string of the molecule is COC(C)(C)C1OC(CC(C)=O)C(OC(C)(C)C)C(O)C1O. The molecule has 0 aromatic carbocycles. The summed E-state index contributed by atoms with van der Waals surface area (Å²) in [6, 6.07) is 0. The zero-order chi connectivity index (χ0) is 17.3. The summed E-state index contributed by atoms with van der Waals surface area (Å²) < 4.78 is 17.1. The molecule has 1 saturated heterocycles. The maximum atomic E-state index is 11.5. The summed E-state index contributed by atoms with van der Waals surface area (Å²) in [4.78, 5) is 11.5. The Bertz CT molecular complexity index is 387. The number of Topliss-reactive ketones (excluding diaryl/α,β-unsaturated/α-hetero) is 1. The number of ketones is 1. The van der Waals surface area contributed by atoms with Crippen LogP contribution in [0.1, 0.15) is 48.0 Å². The van der Waals surface area contributed by atoms with Crippen LogP contribution in [0.5, 0.6) is 0 Å². The van der Waals surface area contributed by atoms with Gasteiger partial charge in [-0.3, -0.25) is 4.79 Å². The second kappa shape index (κ2) is 6.93. The molecule has 5 unspecified atom stereocenters. The molecule has 0 spiro atoms. The van der Waals surface area contributed by atoms with Crippen molar-refractivity contribution in [2.75, 3.05) is 7.11 Å². The molecule has 5 atom stereocenters. The molecule has 0 saturated carbocycles. The van der Waals surface area contributed by atoms with Gasteiger partial charge in [0.15, 0.2) is 0 Å². The van der Waals surface area contributed by atoms with Crippen LogP contribution in [-0.2, 0) is 19.0 Å². The number of hydrogen-bond donors (Lipinski definition) is 2. The highest BCUT2D eigenvalue weighted by molar-refractivity contribution is 5.76. The Morgan fingerprint density at radius 2 is 1.68 bits per heavy atom. The zero-order valence-corrected chi connectivity index (χ0v) is 14.6. The highest BCUT2D eigenvalue weighted by Crippen LogP contribution is 2.34. The Labute approximate surface area is 132 Å². The molecule has 6 heteroatoms.